The lowest BCUT2D eigenvalue weighted by atomic mass is 9.70. The molecular formula is C30H22F6. The van der Waals surface area contributed by atoms with Crippen LogP contribution in [0.2, 0.25) is 0 Å². The molecule has 0 radical (unpaired) electrons. The maximum atomic E-state index is 14.5. The van der Waals surface area contributed by atoms with Crippen molar-refractivity contribution < 1.29 is 26.3 Å². The van der Waals surface area contributed by atoms with Gasteiger partial charge in [-0.2, -0.15) is 26.3 Å². The molecule has 0 nitrogen and oxygen atoms in total. The first-order chi connectivity index (χ1) is 16.9. The lowest BCUT2D eigenvalue weighted by Crippen LogP contribution is -2.54. The molecule has 0 bridgehead atoms. The van der Waals surface area contributed by atoms with Crippen molar-refractivity contribution in [2.45, 2.75) is 37.0 Å². The zero-order valence-electron chi connectivity index (χ0n) is 19.5. The van der Waals surface area contributed by atoms with E-state index in [2.05, 4.69) is 0 Å². The number of benzene rings is 4. The van der Waals surface area contributed by atoms with E-state index in [0.29, 0.717) is 11.1 Å². The van der Waals surface area contributed by atoms with Gasteiger partial charge in [0, 0.05) is 5.41 Å². The summed E-state index contributed by atoms with van der Waals surface area (Å²) >= 11 is 0. The first kappa shape index (κ1) is 24.2. The van der Waals surface area contributed by atoms with E-state index >= 15 is 0 Å². The largest absolute Gasteiger partial charge is 0.411 e. The maximum absolute atomic E-state index is 14.5. The molecule has 5 rings (SSSR count). The minimum atomic E-state index is -5.61. The molecule has 0 atom stereocenters. The average molecular weight is 496 g/mol. The fraction of sp³-hybridized carbons (Fsp3) is 0.200. The zero-order chi connectivity index (χ0) is 25.9. The Labute approximate surface area is 205 Å². The number of hydrogen-bond donors (Lipinski definition) is 0. The van der Waals surface area contributed by atoms with Gasteiger partial charge in [-0.05, 0) is 52.8 Å². The van der Waals surface area contributed by atoms with Crippen LogP contribution >= 0.6 is 0 Å². The first-order valence-electron chi connectivity index (χ1n) is 11.4. The van der Waals surface area contributed by atoms with Crippen LogP contribution in [0.1, 0.15) is 40.3 Å². The van der Waals surface area contributed by atoms with E-state index in [-0.39, 0.29) is 0 Å². The molecule has 0 heterocycles. The van der Waals surface area contributed by atoms with Gasteiger partial charge < -0.3 is 0 Å². The van der Waals surface area contributed by atoms with Crippen molar-refractivity contribution in [2.24, 2.45) is 0 Å². The molecule has 0 spiro atoms. The number of aryl methyl sites for hydroxylation is 1. The first-order valence-corrected chi connectivity index (χ1v) is 11.4. The normalized spacial score (nSPS) is 14.9. The minimum Gasteiger partial charge on any atom is -0.169 e. The number of hydrogen-bond acceptors (Lipinski definition) is 0. The number of alkyl halides is 6. The average Bonchev–Trinajstić information content (AvgIpc) is 3.09. The molecule has 6 heteroatoms. The molecule has 184 valence electrons. The van der Waals surface area contributed by atoms with Crippen molar-refractivity contribution in [1.82, 2.24) is 0 Å². The minimum absolute atomic E-state index is 0.568. The summed E-state index contributed by atoms with van der Waals surface area (Å²) in [5.41, 5.74) is -1.51. The fourth-order valence-corrected chi connectivity index (χ4v) is 5.60. The highest BCUT2D eigenvalue weighted by atomic mass is 19.4. The molecule has 0 aromatic heterocycles. The highest BCUT2D eigenvalue weighted by Crippen LogP contribution is 2.57. The third-order valence-electron chi connectivity index (χ3n) is 7.45. The van der Waals surface area contributed by atoms with Gasteiger partial charge >= 0.3 is 12.4 Å². The van der Waals surface area contributed by atoms with Crippen LogP contribution in [0.25, 0.3) is 11.1 Å². The van der Waals surface area contributed by atoms with Crippen molar-refractivity contribution >= 4 is 0 Å². The molecule has 0 N–H and O–H groups in total. The Kier molecular flexibility index (Phi) is 5.36. The van der Waals surface area contributed by atoms with Gasteiger partial charge in [0.15, 0.2) is 0 Å². The van der Waals surface area contributed by atoms with Crippen molar-refractivity contribution in [3.63, 3.8) is 0 Å². The third kappa shape index (κ3) is 3.23. The van der Waals surface area contributed by atoms with E-state index in [9.17, 15) is 26.3 Å². The van der Waals surface area contributed by atoms with Gasteiger partial charge in [-0.25, -0.2) is 0 Å². The van der Waals surface area contributed by atoms with Crippen molar-refractivity contribution in [3.8, 4) is 11.1 Å². The van der Waals surface area contributed by atoms with Crippen LogP contribution < -0.4 is 0 Å². The van der Waals surface area contributed by atoms with Crippen molar-refractivity contribution in [1.29, 1.82) is 0 Å². The van der Waals surface area contributed by atoms with E-state index in [0.717, 1.165) is 46.5 Å². The highest BCUT2D eigenvalue weighted by molar-refractivity contribution is 5.83. The van der Waals surface area contributed by atoms with Crippen LogP contribution in [-0.4, -0.2) is 12.4 Å². The maximum Gasteiger partial charge on any atom is 0.411 e. The molecule has 4 aromatic rings. The standard InChI is InChI=1S/C30H22F6/c1-19-11-13-21(14-12-19)28(29(31,32)33,30(34,35)36)22-17-15-20(16-18-22)27(2)25-9-5-3-7-23(25)24-8-4-6-10-26(24)27/h3-18H,1-2H3. The second-order valence-electron chi connectivity index (χ2n) is 9.41. The van der Waals surface area contributed by atoms with Gasteiger partial charge in [0.05, 0.1) is 0 Å². The lowest BCUT2D eigenvalue weighted by Gasteiger charge is -2.38. The Morgan fingerprint density at radius 3 is 1.33 bits per heavy atom. The van der Waals surface area contributed by atoms with Gasteiger partial charge in [-0.15, -0.1) is 0 Å². The Morgan fingerprint density at radius 1 is 0.528 bits per heavy atom. The van der Waals surface area contributed by atoms with Crippen LogP contribution in [-0.2, 0) is 10.8 Å². The van der Waals surface area contributed by atoms with Gasteiger partial charge in [0.1, 0.15) is 0 Å². The van der Waals surface area contributed by atoms with Crippen LogP contribution in [0.5, 0.6) is 0 Å². The summed E-state index contributed by atoms with van der Waals surface area (Å²) in [5, 5.41) is 0. The molecule has 0 aliphatic heterocycles. The Morgan fingerprint density at radius 2 is 0.917 bits per heavy atom. The molecular weight excluding hydrogens is 474 g/mol. The van der Waals surface area contributed by atoms with E-state index in [1.54, 1.807) is 6.92 Å². The van der Waals surface area contributed by atoms with Crippen LogP contribution in [0, 0.1) is 6.92 Å². The lowest BCUT2D eigenvalue weighted by molar-refractivity contribution is -0.288. The monoisotopic (exact) mass is 496 g/mol. The van der Waals surface area contributed by atoms with Gasteiger partial charge in [-0.1, -0.05) is 103 Å². The van der Waals surface area contributed by atoms with Crippen LogP contribution in [0.4, 0.5) is 26.3 Å². The molecule has 0 amide bonds. The summed E-state index contributed by atoms with van der Waals surface area (Å²) in [6.07, 6.45) is -11.2. The van der Waals surface area contributed by atoms with E-state index in [4.69, 9.17) is 0 Å². The summed E-state index contributed by atoms with van der Waals surface area (Å²) in [7, 11) is 0. The van der Waals surface area contributed by atoms with E-state index in [1.165, 1.54) is 24.3 Å². The molecule has 0 unspecified atom stereocenters. The zero-order valence-corrected chi connectivity index (χ0v) is 19.5. The second-order valence-corrected chi connectivity index (χ2v) is 9.41. The van der Waals surface area contributed by atoms with Crippen molar-refractivity contribution in [3.05, 3.63) is 130 Å². The number of halogens is 6. The Balaban J connectivity index is 1.72. The molecule has 0 saturated carbocycles. The summed E-state index contributed by atoms with van der Waals surface area (Å²) in [6, 6.07) is 24.5. The van der Waals surface area contributed by atoms with Gasteiger partial charge in [0.25, 0.3) is 0 Å². The molecule has 36 heavy (non-hydrogen) atoms. The molecule has 0 saturated heterocycles. The molecule has 1 aliphatic carbocycles. The molecule has 4 aromatic carbocycles. The fourth-order valence-electron chi connectivity index (χ4n) is 5.60. The smallest absolute Gasteiger partial charge is 0.169 e. The van der Waals surface area contributed by atoms with E-state index < -0.39 is 34.3 Å². The third-order valence-corrected chi connectivity index (χ3v) is 7.45. The number of fused-ring (bicyclic) bond motifs is 3. The Bertz CT molecular complexity index is 1350. The predicted octanol–water partition coefficient (Wildman–Crippen LogP) is 8.74. The van der Waals surface area contributed by atoms with Gasteiger partial charge in [-0.3, -0.25) is 0 Å². The van der Waals surface area contributed by atoms with Crippen molar-refractivity contribution in [2.75, 3.05) is 0 Å². The summed E-state index contributed by atoms with van der Waals surface area (Å²) in [6.45, 7) is 3.56. The SMILES string of the molecule is Cc1ccc(C(c2ccc(C3(C)c4ccccc4-c4ccccc43)cc2)(C(F)(F)F)C(F)(F)F)cc1. The summed E-state index contributed by atoms with van der Waals surface area (Å²) in [5.74, 6) is 0. The van der Waals surface area contributed by atoms with Crippen LogP contribution in [0.15, 0.2) is 97.1 Å². The Hall–Kier alpha value is -3.54. The highest BCUT2D eigenvalue weighted by Gasteiger charge is 2.72. The topological polar surface area (TPSA) is 0 Å². The molecule has 0 fully saturated rings. The van der Waals surface area contributed by atoms with Gasteiger partial charge in [0.2, 0.25) is 5.41 Å². The van der Waals surface area contributed by atoms with E-state index in [1.807, 2.05) is 55.5 Å². The second kappa shape index (κ2) is 7.99. The summed E-state index contributed by atoms with van der Waals surface area (Å²) < 4.78 is 87.0. The predicted molar refractivity (Wildman–Crippen MR) is 128 cm³/mol. The number of rotatable bonds is 3. The summed E-state index contributed by atoms with van der Waals surface area (Å²) in [4.78, 5) is 0. The quantitative estimate of drug-likeness (QED) is 0.249. The molecule has 1 aliphatic rings. The van der Waals surface area contributed by atoms with Crippen LogP contribution in [0.3, 0.4) is 0 Å².